The normalized spacial score (nSPS) is 12.7. The second-order valence-electron chi connectivity index (χ2n) is 4.42. The summed E-state index contributed by atoms with van der Waals surface area (Å²) < 4.78 is 49.7. The van der Waals surface area contributed by atoms with E-state index in [1.807, 2.05) is 5.32 Å². The summed E-state index contributed by atoms with van der Waals surface area (Å²) in [4.78, 5) is 21.7. The number of carboxylic acid groups (broad SMARTS) is 1. The zero-order chi connectivity index (χ0) is 16.2. The lowest BCUT2D eigenvalue weighted by Crippen LogP contribution is -2.44. The van der Waals surface area contributed by atoms with Gasteiger partial charge in [-0.2, -0.15) is 0 Å². The Balaban J connectivity index is 2.89. The van der Waals surface area contributed by atoms with E-state index in [-0.39, 0.29) is 5.56 Å². The minimum atomic E-state index is -3.99. The molecule has 1 unspecified atom stereocenters. The Kier molecular flexibility index (Phi) is 5.36. The van der Waals surface area contributed by atoms with Crippen LogP contribution in [0.4, 0.5) is 8.78 Å². The number of aliphatic carboxylic acids is 1. The summed E-state index contributed by atoms with van der Waals surface area (Å²) in [6, 6.07) is 0.655. The summed E-state index contributed by atoms with van der Waals surface area (Å²) in [5.41, 5.74) is -0.139. The van der Waals surface area contributed by atoms with Crippen molar-refractivity contribution in [2.24, 2.45) is 0 Å². The highest BCUT2D eigenvalue weighted by Crippen LogP contribution is 2.12. The number of halogens is 2. The van der Waals surface area contributed by atoms with Crippen LogP contribution in [0.15, 0.2) is 18.2 Å². The molecule has 1 rings (SSSR count). The Morgan fingerprint density at radius 2 is 1.76 bits per heavy atom. The van der Waals surface area contributed by atoms with Crippen LogP contribution in [0, 0.1) is 11.6 Å². The molecule has 0 saturated carbocycles. The lowest BCUT2D eigenvalue weighted by Gasteiger charge is -2.13. The molecule has 0 aliphatic carbocycles. The molecule has 2 N–H and O–H groups in total. The van der Waals surface area contributed by atoms with E-state index in [2.05, 4.69) is 0 Å². The zero-order valence-corrected chi connectivity index (χ0v) is 11.8. The zero-order valence-electron chi connectivity index (χ0n) is 11.0. The standard InChI is InChI=1S/C12H13F2NO5S/c1-7(16)15-11(12(17)18)6-21(19,20)5-8-2-9(13)4-10(14)3-8/h2-4,11H,5-6H2,1H3,(H,15,16)(H,17,18). The third kappa shape index (κ3) is 5.86. The predicted molar refractivity (Wildman–Crippen MR) is 69.1 cm³/mol. The van der Waals surface area contributed by atoms with Gasteiger partial charge in [0.1, 0.15) is 17.7 Å². The van der Waals surface area contributed by atoms with Gasteiger partial charge >= 0.3 is 5.97 Å². The number of benzene rings is 1. The summed E-state index contributed by atoms with van der Waals surface area (Å²) in [5.74, 6) is -5.69. The number of carboxylic acids is 1. The van der Waals surface area contributed by atoms with Crippen LogP contribution >= 0.6 is 0 Å². The van der Waals surface area contributed by atoms with Crippen LogP contribution in [-0.4, -0.2) is 37.2 Å². The van der Waals surface area contributed by atoms with Gasteiger partial charge in [-0.15, -0.1) is 0 Å². The Morgan fingerprint density at radius 3 is 2.19 bits per heavy atom. The Morgan fingerprint density at radius 1 is 1.24 bits per heavy atom. The van der Waals surface area contributed by atoms with E-state index >= 15 is 0 Å². The molecule has 0 spiro atoms. The van der Waals surface area contributed by atoms with E-state index in [0.717, 1.165) is 19.1 Å². The number of rotatable bonds is 6. The highest BCUT2D eigenvalue weighted by Gasteiger charge is 2.26. The van der Waals surface area contributed by atoms with Gasteiger partial charge < -0.3 is 10.4 Å². The molecule has 1 atom stereocenters. The van der Waals surface area contributed by atoms with Crippen molar-refractivity contribution in [3.63, 3.8) is 0 Å². The van der Waals surface area contributed by atoms with Crippen LogP contribution in [0.1, 0.15) is 12.5 Å². The Hall–Kier alpha value is -2.03. The smallest absolute Gasteiger partial charge is 0.327 e. The second kappa shape index (κ2) is 6.61. The molecule has 9 heteroatoms. The van der Waals surface area contributed by atoms with Gasteiger partial charge in [-0.25, -0.2) is 22.0 Å². The fraction of sp³-hybridized carbons (Fsp3) is 0.333. The first kappa shape index (κ1) is 17.0. The highest BCUT2D eigenvalue weighted by atomic mass is 32.2. The van der Waals surface area contributed by atoms with Crippen molar-refractivity contribution in [2.45, 2.75) is 18.7 Å². The van der Waals surface area contributed by atoms with E-state index < -0.39 is 50.9 Å². The van der Waals surface area contributed by atoms with Crippen LogP contribution in [0.3, 0.4) is 0 Å². The average Bonchev–Trinajstić information content (AvgIpc) is 2.24. The number of hydrogen-bond acceptors (Lipinski definition) is 4. The quantitative estimate of drug-likeness (QED) is 0.793. The number of carbonyl (C=O) groups is 2. The summed E-state index contributed by atoms with van der Waals surface area (Å²) in [6.07, 6.45) is 0. The average molecular weight is 321 g/mol. The maximum atomic E-state index is 13.0. The summed E-state index contributed by atoms with van der Waals surface area (Å²) >= 11 is 0. The largest absolute Gasteiger partial charge is 0.480 e. The van der Waals surface area contributed by atoms with Gasteiger partial charge in [0.25, 0.3) is 0 Å². The first-order valence-corrected chi connectivity index (χ1v) is 7.56. The lowest BCUT2D eigenvalue weighted by atomic mass is 10.2. The minimum absolute atomic E-state index is 0.139. The van der Waals surface area contributed by atoms with Crippen LogP contribution < -0.4 is 5.32 Å². The van der Waals surface area contributed by atoms with Gasteiger partial charge in [0.2, 0.25) is 5.91 Å². The fourth-order valence-electron chi connectivity index (χ4n) is 1.68. The molecule has 1 aromatic carbocycles. The number of sulfone groups is 1. The van der Waals surface area contributed by atoms with Gasteiger partial charge in [0.15, 0.2) is 9.84 Å². The van der Waals surface area contributed by atoms with Gasteiger partial charge in [-0.05, 0) is 17.7 Å². The highest BCUT2D eigenvalue weighted by molar-refractivity contribution is 7.90. The van der Waals surface area contributed by atoms with Crippen molar-refractivity contribution < 1.29 is 31.9 Å². The van der Waals surface area contributed by atoms with Crippen LogP contribution in [0.2, 0.25) is 0 Å². The fourth-order valence-corrected chi connectivity index (χ4v) is 3.21. The molecule has 0 saturated heterocycles. The molecule has 1 aromatic rings. The van der Waals surface area contributed by atoms with Crippen molar-refractivity contribution in [3.8, 4) is 0 Å². The van der Waals surface area contributed by atoms with Crippen molar-refractivity contribution in [3.05, 3.63) is 35.4 Å². The monoisotopic (exact) mass is 321 g/mol. The van der Waals surface area contributed by atoms with Gasteiger partial charge in [0.05, 0.1) is 11.5 Å². The molecule has 0 aliphatic rings. The van der Waals surface area contributed by atoms with E-state index in [1.165, 1.54) is 0 Å². The first-order valence-electron chi connectivity index (χ1n) is 5.74. The second-order valence-corrected chi connectivity index (χ2v) is 6.53. The molecule has 0 bridgehead atoms. The molecule has 1 amide bonds. The molecule has 0 aromatic heterocycles. The summed E-state index contributed by atoms with van der Waals surface area (Å²) in [6.45, 7) is 1.05. The minimum Gasteiger partial charge on any atom is -0.480 e. The first-order chi connectivity index (χ1) is 9.59. The van der Waals surface area contributed by atoms with Crippen LogP contribution in [0.25, 0.3) is 0 Å². The van der Waals surface area contributed by atoms with Crippen LogP contribution in [0.5, 0.6) is 0 Å². The maximum absolute atomic E-state index is 13.0. The van der Waals surface area contributed by atoms with E-state index in [9.17, 15) is 26.8 Å². The van der Waals surface area contributed by atoms with Crippen LogP contribution in [-0.2, 0) is 25.2 Å². The number of carbonyl (C=O) groups excluding carboxylic acids is 1. The number of hydrogen-bond donors (Lipinski definition) is 2. The van der Waals surface area contributed by atoms with Crippen molar-refractivity contribution in [1.82, 2.24) is 5.32 Å². The van der Waals surface area contributed by atoms with Gasteiger partial charge in [-0.3, -0.25) is 4.79 Å². The van der Waals surface area contributed by atoms with Gasteiger partial charge in [0, 0.05) is 13.0 Å². The molecule has 116 valence electrons. The number of nitrogens with one attached hydrogen (secondary N) is 1. The molecule has 21 heavy (non-hydrogen) atoms. The third-order valence-electron chi connectivity index (χ3n) is 2.41. The summed E-state index contributed by atoms with van der Waals surface area (Å²) in [7, 11) is -3.99. The molecular formula is C12H13F2NO5S. The number of amides is 1. The van der Waals surface area contributed by atoms with E-state index in [0.29, 0.717) is 6.07 Å². The van der Waals surface area contributed by atoms with Crippen molar-refractivity contribution in [2.75, 3.05) is 5.75 Å². The molecular weight excluding hydrogens is 308 g/mol. The van der Waals surface area contributed by atoms with Gasteiger partial charge in [-0.1, -0.05) is 0 Å². The summed E-state index contributed by atoms with van der Waals surface area (Å²) in [5, 5.41) is 10.8. The lowest BCUT2D eigenvalue weighted by molar-refractivity contribution is -0.140. The molecule has 6 nitrogen and oxygen atoms in total. The molecule has 0 heterocycles. The topological polar surface area (TPSA) is 101 Å². The molecule has 0 radical (unpaired) electrons. The third-order valence-corrected chi connectivity index (χ3v) is 4.02. The maximum Gasteiger partial charge on any atom is 0.327 e. The molecule has 0 fully saturated rings. The van der Waals surface area contributed by atoms with E-state index in [1.54, 1.807) is 0 Å². The molecule has 0 aliphatic heterocycles. The van der Waals surface area contributed by atoms with E-state index in [4.69, 9.17) is 5.11 Å². The Labute approximate surface area is 119 Å². The predicted octanol–water partition coefficient (Wildman–Crippen LogP) is 0.469. The van der Waals surface area contributed by atoms with Crippen molar-refractivity contribution in [1.29, 1.82) is 0 Å². The Bertz CT molecular complexity index is 639. The SMILES string of the molecule is CC(=O)NC(CS(=O)(=O)Cc1cc(F)cc(F)c1)C(=O)O. The van der Waals surface area contributed by atoms with Crippen molar-refractivity contribution >= 4 is 21.7 Å².